The van der Waals surface area contributed by atoms with Gasteiger partial charge in [0.15, 0.2) is 5.16 Å². The average Bonchev–Trinajstić information content (AvgIpc) is 2.87. The third kappa shape index (κ3) is 5.06. The smallest absolute Gasteiger partial charge is 0.235 e. The van der Waals surface area contributed by atoms with Crippen molar-refractivity contribution in [1.29, 1.82) is 0 Å². The molecule has 6 nitrogen and oxygen atoms in total. The highest BCUT2D eigenvalue weighted by Gasteiger charge is 2.26. The summed E-state index contributed by atoms with van der Waals surface area (Å²) in [6, 6.07) is 19.6. The number of rotatable bonds is 4. The molecule has 1 aliphatic heterocycles. The predicted octanol–water partition coefficient (Wildman–Crippen LogP) is 4.92. The van der Waals surface area contributed by atoms with Crippen LogP contribution in [0.3, 0.4) is 0 Å². The number of para-hydroxylation sites is 2. The summed E-state index contributed by atoms with van der Waals surface area (Å²) in [5.41, 5.74) is 5.21. The topological polar surface area (TPSA) is 79.6 Å². The van der Waals surface area contributed by atoms with Gasteiger partial charge < -0.3 is 5.32 Å². The van der Waals surface area contributed by atoms with Crippen LogP contribution in [0.15, 0.2) is 75.8 Å². The zero-order valence-corrected chi connectivity index (χ0v) is 18.5. The Kier molecular flexibility index (Phi) is 6.23. The zero-order chi connectivity index (χ0) is 21.8. The van der Waals surface area contributed by atoms with Crippen molar-refractivity contribution in [2.45, 2.75) is 31.8 Å². The maximum absolute atomic E-state index is 12.9. The number of carbonyl (C=O) groups is 1. The molecule has 3 aromatic rings. The van der Waals surface area contributed by atoms with Crippen LogP contribution in [0.2, 0.25) is 0 Å². The van der Waals surface area contributed by atoms with Gasteiger partial charge in [0.2, 0.25) is 5.91 Å². The van der Waals surface area contributed by atoms with E-state index in [1.54, 1.807) is 0 Å². The number of amides is 1. The van der Waals surface area contributed by atoms with E-state index in [0.29, 0.717) is 11.0 Å². The minimum atomic E-state index is -0.236. The SMILES string of the molecule is CC1=Nc2ccccc2N=C(NC(=O)CSc2nc(C)cc(C)n2)[C@H]1c1ccccc1. The molecule has 0 aliphatic carbocycles. The molecule has 0 saturated carbocycles. The maximum atomic E-state index is 12.9. The molecule has 1 aromatic heterocycles. The number of hydrogen-bond acceptors (Lipinski definition) is 6. The summed E-state index contributed by atoms with van der Waals surface area (Å²) >= 11 is 1.31. The molecule has 1 aliphatic rings. The zero-order valence-electron chi connectivity index (χ0n) is 17.7. The van der Waals surface area contributed by atoms with E-state index in [-0.39, 0.29) is 17.6 Å². The Labute approximate surface area is 186 Å². The second kappa shape index (κ2) is 9.22. The predicted molar refractivity (Wildman–Crippen MR) is 126 cm³/mol. The molecule has 156 valence electrons. The molecule has 1 N–H and O–H groups in total. The second-order valence-electron chi connectivity index (χ2n) is 7.35. The first-order chi connectivity index (χ1) is 15.0. The normalized spacial score (nSPS) is 15.4. The van der Waals surface area contributed by atoms with Crippen molar-refractivity contribution < 1.29 is 4.79 Å². The van der Waals surface area contributed by atoms with E-state index in [9.17, 15) is 4.79 Å². The van der Waals surface area contributed by atoms with E-state index in [0.717, 1.165) is 34.0 Å². The molecule has 0 unspecified atom stereocenters. The molecular weight excluding hydrogens is 406 g/mol. The number of thioether (sulfide) groups is 1. The lowest BCUT2D eigenvalue weighted by Crippen LogP contribution is -2.38. The van der Waals surface area contributed by atoms with Crippen LogP contribution in [0.1, 0.15) is 29.8 Å². The molecule has 4 rings (SSSR count). The number of fused-ring (bicyclic) bond motifs is 1. The van der Waals surface area contributed by atoms with Gasteiger partial charge in [-0.2, -0.15) is 0 Å². The molecule has 31 heavy (non-hydrogen) atoms. The summed E-state index contributed by atoms with van der Waals surface area (Å²) in [6.45, 7) is 5.81. The lowest BCUT2D eigenvalue weighted by Gasteiger charge is -2.19. The van der Waals surface area contributed by atoms with E-state index in [1.807, 2.05) is 81.4 Å². The first kappa shape index (κ1) is 20.9. The van der Waals surface area contributed by atoms with Gasteiger partial charge in [-0.05, 0) is 44.5 Å². The van der Waals surface area contributed by atoms with Gasteiger partial charge in [-0.3, -0.25) is 9.79 Å². The molecule has 1 atom stereocenters. The van der Waals surface area contributed by atoms with Gasteiger partial charge in [0.05, 0.1) is 23.0 Å². The summed E-state index contributed by atoms with van der Waals surface area (Å²) in [7, 11) is 0. The Morgan fingerprint density at radius 1 is 0.903 bits per heavy atom. The third-order valence-corrected chi connectivity index (χ3v) is 5.65. The molecule has 0 radical (unpaired) electrons. The van der Waals surface area contributed by atoms with Crippen molar-refractivity contribution >= 4 is 40.6 Å². The molecule has 1 amide bonds. The van der Waals surface area contributed by atoms with E-state index in [2.05, 4.69) is 15.3 Å². The van der Waals surface area contributed by atoms with Crippen LogP contribution in [0.5, 0.6) is 0 Å². The fraction of sp³-hybridized carbons (Fsp3) is 0.208. The fourth-order valence-corrected chi connectivity index (χ4v) is 4.26. The van der Waals surface area contributed by atoms with Crippen LogP contribution in [0.25, 0.3) is 0 Å². The minimum absolute atomic E-state index is 0.153. The van der Waals surface area contributed by atoms with Crippen molar-refractivity contribution in [3.8, 4) is 0 Å². The van der Waals surface area contributed by atoms with Gasteiger partial charge in [-0.25, -0.2) is 15.0 Å². The summed E-state index contributed by atoms with van der Waals surface area (Å²) in [6.07, 6.45) is 0. The molecule has 0 spiro atoms. The first-order valence-corrected chi connectivity index (χ1v) is 11.0. The van der Waals surface area contributed by atoms with Gasteiger partial charge in [-0.1, -0.05) is 54.2 Å². The monoisotopic (exact) mass is 429 g/mol. The summed E-state index contributed by atoms with van der Waals surface area (Å²) in [5.74, 6) is 0.380. The maximum Gasteiger partial charge on any atom is 0.235 e. The molecule has 0 fully saturated rings. The van der Waals surface area contributed by atoms with Crippen molar-refractivity contribution in [1.82, 2.24) is 15.3 Å². The number of benzene rings is 2. The van der Waals surface area contributed by atoms with Crippen LogP contribution in [0, 0.1) is 13.8 Å². The minimum Gasteiger partial charge on any atom is -0.313 e. The molecule has 2 heterocycles. The van der Waals surface area contributed by atoms with Crippen molar-refractivity contribution in [3.63, 3.8) is 0 Å². The van der Waals surface area contributed by atoms with Gasteiger partial charge in [-0.15, -0.1) is 0 Å². The van der Waals surface area contributed by atoms with Gasteiger partial charge in [0, 0.05) is 17.1 Å². The number of nitrogens with zero attached hydrogens (tertiary/aromatic N) is 4. The van der Waals surface area contributed by atoms with Gasteiger partial charge >= 0.3 is 0 Å². The highest BCUT2D eigenvalue weighted by molar-refractivity contribution is 7.99. The molecule has 0 saturated heterocycles. The number of aromatic nitrogens is 2. The number of carbonyl (C=O) groups excluding carboxylic acids is 1. The van der Waals surface area contributed by atoms with Crippen LogP contribution < -0.4 is 5.32 Å². The number of hydrogen-bond donors (Lipinski definition) is 1. The fourth-order valence-electron chi connectivity index (χ4n) is 3.51. The van der Waals surface area contributed by atoms with Crippen LogP contribution in [-0.2, 0) is 4.79 Å². The lowest BCUT2D eigenvalue weighted by atomic mass is 9.93. The van der Waals surface area contributed by atoms with E-state index in [4.69, 9.17) is 9.98 Å². The molecular formula is C24H23N5OS. The van der Waals surface area contributed by atoms with Crippen LogP contribution in [-0.4, -0.2) is 33.2 Å². The first-order valence-electron chi connectivity index (χ1n) is 10.0. The number of nitrogens with one attached hydrogen (secondary N) is 1. The third-order valence-electron chi connectivity index (χ3n) is 4.81. The average molecular weight is 430 g/mol. The standard InChI is InChI=1S/C24H23N5OS/c1-15-13-16(2)26-24(25-15)31-14-21(30)29-23-22(18-9-5-4-6-10-18)17(3)27-19-11-7-8-12-20(19)28-23/h4-13,22H,14H2,1-3H3,(H,28,29,30)/t22-/m1/s1. The second-order valence-corrected chi connectivity index (χ2v) is 8.30. The quantitative estimate of drug-likeness (QED) is 0.471. The number of aryl methyl sites for hydroxylation is 2. The Morgan fingerprint density at radius 3 is 2.19 bits per heavy atom. The summed E-state index contributed by atoms with van der Waals surface area (Å²) < 4.78 is 0. The van der Waals surface area contributed by atoms with E-state index >= 15 is 0 Å². The Hall–Kier alpha value is -3.32. The van der Waals surface area contributed by atoms with E-state index in [1.165, 1.54) is 11.8 Å². The Morgan fingerprint density at radius 2 is 1.52 bits per heavy atom. The van der Waals surface area contributed by atoms with Crippen molar-refractivity contribution in [2.24, 2.45) is 9.98 Å². The Bertz CT molecular complexity index is 1150. The van der Waals surface area contributed by atoms with Crippen LogP contribution >= 0.6 is 11.8 Å². The van der Waals surface area contributed by atoms with Gasteiger partial charge in [0.25, 0.3) is 0 Å². The summed E-state index contributed by atoms with van der Waals surface area (Å²) in [5, 5.41) is 3.63. The molecule has 2 aromatic carbocycles. The van der Waals surface area contributed by atoms with E-state index < -0.39 is 0 Å². The van der Waals surface area contributed by atoms with Crippen LogP contribution in [0.4, 0.5) is 11.4 Å². The Balaban J connectivity index is 1.61. The highest BCUT2D eigenvalue weighted by atomic mass is 32.2. The molecule has 0 bridgehead atoms. The van der Waals surface area contributed by atoms with Crippen molar-refractivity contribution in [3.05, 3.63) is 77.6 Å². The lowest BCUT2D eigenvalue weighted by molar-refractivity contribution is -0.117. The number of aliphatic imine (C=N–C) groups is 2. The summed E-state index contributed by atoms with van der Waals surface area (Å²) in [4.78, 5) is 31.2. The molecule has 7 heteroatoms. The number of amidine groups is 1. The van der Waals surface area contributed by atoms with Crippen molar-refractivity contribution in [2.75, 3.05) is 5.75 Å². The van der Waals surface area contributed by atoms with Gasteiger partial charge in [0.1, 0.15) is 5.84 Å². The largest absolute Gasteiger partial charge is 0.313 e. The highest BCUT2D eigenvalue weighted by Crippen LogP contribution is 2.34.